The van der Waals surface area contributed by atoms with Gasteiger partial charge in [0.25, 0.3) is 0 Å². The minimum absolute atomic E-state index is 0.549. The second-order valence-electron chi connectivity index (χ2n) is 1.91. The quantitative estimate of drug-likeness (QED) is 0.450. The van der Waals surface area contributed by atoms with E-state index >= 15 is 0 Å². The lowest BCUT2D eigenvalue weighted by Gasteiger charge is -1.99. The Morgan fingerprint density at radius 3 is 3.00 bits per heavy atom. The molecule has 1 aromatic heterocycles. The van der Waals surface area contributed by atoms with E-state index in [4.69, 9.17) is 11.5 Å². The first-order valence-electron chi connectivity index (χ1n) is 3.07. The van der Waals surface area contributed by atoms with E-state index in [1.807, 2.05) is 0 Å². The molecule has 0 bridgehead atoms. The minimum atomic E-state index is 0.549. The van der Waals surface area contributed by atoms with E-state index in [0.717, 1.165) is 5.69 Å². The summed E-state index contributed by atoms with van der Waals surface area (Å²) in [4.78, 5) is 0. The third-order valence-electron chi connectivity index (χ3n) is 1.13. The summed E-state index contributed by atoms with van der Waals surface area (Å²) < 4.78 is 0. The highest BCUT2D eigenvalue weighted by molar-refractivity contribution is 5.59. The topological polar surface area (TPSA) is 92.7 Å². The minimum Gasteiger partial charge on any atom is -0.382 e. The molecule has 0 aliphatic carbocycles. The highest BCUT2D eigenvalue weighted by Gasteiger charge is 1.96. The first kappa shape index (κ1) is 6.88. The molecular weight excluding hydrogens is 130 g/mol. The van der Waals surface area contributed by atoms with Crippen molar-refractivity contribution >= 4 is 11.5 Å². The van der Waals surface area contributed by atoms with Crippen molar-refractivity contribution in [3.8, 4) is 0 Å². The maximum absolute atomic E-state index is 5.46. The lowest BCUT2D eigenvalue weighted by molar-refractivity contribution is 1.03. The largest absolute Gasteiger partial charge is 0.382 e. The Hall–Kier alpha value is -1.23. The second-order valence-corrected chi connectivity index (χ2v) is 1.91. The van der Waals surface area contributed by atoms with Crippen LogP contribution in [0.1, 0.15) is 0 Å². The van der Waals surface area contributed by atoms with E-state index in [2.05, 4.69) is 15.5 Å². The highest BCUT2D eigenvalue weighted by Crippen LogP contribution is 2.11. The average Bonchev–Trinajstić information content (AvgIpc) is 2.31. The molecule has 5 nitrogen and oxygen atoms in total. The van der Waals surface area contributed by atoms with Gasteiger partial charge < -0.3 is 16.8 Å². The van der Waals surface area contributed by atoms with Gasteiger partial charge in [0.2, 0.25) is 0 Å². The maximum Gasteiger partial charge on any atom is 0.142 e. The molecule has 0 radical (unpaired) electrons. The van der Waals surface area contributed by atoms with E-state index in [9.17, 15) is 0 Å². The summed E-state index contributed by atoms with van der Waals surface area (Å²) in [7, 11) is 0. The van der Waals surface area contributed by atoms with Crippen LogP contribution in [-0.4, -0.2) is 23.3 Å². The number of hydrogen-bond acceptors (Lipinski definition) is 4. The zero-order valence-electron chi connectivity index (χ0n) is 5.59. The molecule has 5 heteroatoms. The average molecular weight is 141 g/mol. The number of nitrogens with two attached hydrogens (primary N) is 2. The molecule has 0 aliphatic heterocycles. The number of hydrogen-bond donors (Lipinski definition) is 4. The number of anilines is 2. The Kier molecular flexibility index (Phi) is 2.11. The van der Waals surface area contributed by atoms with Crippen molar-refractivity contribution in [2.24, 2.45) is 5.73 Å². The smallest absolute Gasteiger partial charge is 0.142 e. The van der Waals surface area contributed by atoms with Gasteiger partial charge in [-0.15, -0.1) is 0 Å². The van der Waals surface area contributed by atoms with Crippen LogP contribution in [0.25, 0.3) is 0 Å². The fourth-order valence-corrected chi connectivity index (χ4v) is 0.644. The van der Waals surface area contributed by atoms with Crippen molar-refractivity contribution in [1.82, 2.24) is 10.2 Å². The molecule has 0 fully saturated rings. The van der Waals surface area contributed by atoms with Crippen molar-refractivity contribution < 1.29 is 0 Å². The molecule has 0 atom stereocenters. The van der Waals surface area contributed by atoms with Crippen molar-refractivity contribution in [3.05, 3.63) is 6.20 Å². The summed E-state index contributed by atoms with van der Waals surface area (Å²) in [6.45, 7) is 1.30. The van der Waals surface area contributed by atoms with Crippen LogP contribution in [0.4, 0.5) is 11.5 Å². The van der Waals surface area contributed by atoms with Gasteiger partial charge >= 0.3 is 0 Å². The van der Waals surface area contributed by atoms with Crippen molar-refractivity contribution in [2.75, 3.05) is 24.1 Å². The van der Waals surface area contributed by atoms with Crippen molar-refractivity contribution in [2.45, 2.75) is 0 Å². The van der Waals surface area contributed by atoms with Crippen LogP contribution >= 0.6 is 0 Å². The predicted molar refractivity (Wildman–Crippen MR) is 40.5 cm³/mol. The van der Waals surface area contributed by atoms with Crippen LogP contribution in [0.15, 0.2) is 6.20 Å². The zero-order valence-corrected chi connectivity index (χ0v) is 5.59. The Bertz CT molecular complexity index is 194. The third kappa shape index (κ3) is 1.38. The van der Waals surface area contributed by atoms with Gasteiger partial charge in [-0.05, 0) is 0 Å². The summed E-state index contributed by atoms with van der Waals surface area (Å²) in [5.74, 6) is 0.549. The zero-order chi connectivity index (χ0) is 7.40. The number of nitrogens with one attached hydrogen (secondary N) is 2. The third-order valence-corrected chi connectivity index (χ3v) is 1.13. The van der Waals surface area contributed by atoms with Crippen LogP contribution in [0.5, 0.6) is 0 Å². The molecule has 56 valence electrons. The van der Waals surface area contributed by atoms with Gasteiger partial charge in [-0.25, -0.2) is 0 Å². The van der Waals surface area contributed by atoms with Crippen molar-refractivity contribution in [3.63, 3.8) is 0 Å². The molecule has 0 unspecified atom stereocenters. The summed E-state index contributed by atoms with van der Waals surface area (Å²) in [5, 5.41) is 9.32. The highest BCUT2D eigenvalue weighted by atomic mass is 15.2. The van der Waals surface area contributed by atoms with Gasteiger partial charge in [-0.2, -0.15) is 5.10 Å². The van der Waals surface area contributed by atoms with E-state index < -0.39 is 0 Å². The Morgan fingerprint density at radius 1 is 1.70 bits per heavy atom. The molecule has 1 aromatic rings. The molecule has 6 N–H and O–H groups in total. The van der Waals surface area contributed by atoms with E-state index in [1.165, 1.54) is 0 Å². The van der Waals surface area contributed by atoms with Gasteiger partial charge in [0.1, 0.15) is 5.82 Å². The second kappa shape index (κ2) is 3.07. The number of nitrogen functional groups attached to an aromatic ring is 1. The fraction of sp³-hybridized carbons (Fsp3) is 0.400. The molecule has 0 amide bonds. The van der Waals surface area contributed by atoms with Crippen molar-refractivity contribution in [1.29, 1.82) is 0 Å². The first-order valence-corrected chi connectivity index (χ1v) is 3.07. The monoisotopic (exact) mass is 141 g/mol. The molecule has 0 spiro atoms. The van der Waals surface area contributed by atoms with E-state index in [0.29, 0.717) is 18.9 Å². The normalized spacial score (nSPS) is 9.70. The van der Waals surface area contributed by atoms with Crippen LogP contribution in [0, 0.1) is 0 Å². The predicted octanol–water partition coefficient (Wildman–Crippen LogP) is -0.638. The van der Waals surface area contributed by atoms with Gasteiger partial charge in [0.15, 0.2) is 0 Å². The van der Waals surface area contributed by atoms with Crippen LogP contribution in [0.2, 0.25) is 0 Å². The maximum atomic E-state index is 5.46. The summed E-state index contributed by atoms with van der Waals surface area (Å²) in [6.07, 6.45) is 1.63. The van der Waals surface area contributed by atoms with Crippen LogP contribution in [0.3, 0.4) is 0 Å². The van der Waals surface area contributed by atoms with Crippen LogP contribution < -0.4 is 16.8 Å². The number of aromatic nitrogens is 2. The van der Waals surface area contributed by atoms with Gasteiger partial charge in [-0.1, -0.05) is 0 Å². The molecule has 1 heterocycles. The Balaban J connectivity index is 2.49. The molecule has 0 saturated carbocycles. The summed E-state index contributed by atoms with van der Waals surface area (Å²) in [6, 6.07) is 0. The number of nitrogens with zero attached hydrogens (tertiary/aromatic N) is 1. The van der Waals surface area contributed by atoms with Crippen LogP contribution in [-0.2, 0) is 0 Å². The first-order chi connectivity index (χ1) is 4.84. The summed E-state index contributed by atoms with van der Waals surface area (Å²) >= 11 is 0. The number of rotatable bonds is 3. The van der Waals surface area contributed by atoms with E-state index in [-0.39, 0.29) is 0 Å². The summed E-state index contributed by atoms with van der Waals surface area (Å²) in [5.41, 5.74) is 11.5. The molecule has 1 rings (SSSR count). The lowest BCUT2D eigenvalue weighted by Crippen LogP contribution is -2.13. The molecule has 10 heavy (non-hydrogen) atoms. The fourth-order valence-electron chi connectivity index (χ4n) is 0.644. The SMILES string of the molecule is NCCNc1cn[nH]c1N. The van der Waals surface area contributed by atoms with Gasteiger partial charge in [0.05, 0.1) is 11.9 Å². The lowest BCUT2D eigenvalue weighted by atomic mass is 10.5. The molecule has 0 saturated heterocycles. The molecule has 0 aromatic carbocycles. The molecule has 0 aliphatic rings. The molecular formula is C5H11N5. The Labute approximate surface area is 58.8 Å². The standard InChI is InChI=1S/C5H11N5/c6-1-2-8-4-3-9-10-5(4)7/h3,8H,1-2,6H2,(H3,7,9,10). The number of aromatic amines is 1. The number of H-pyrrole nitrogens is 1. The Morgan fingerprint density at radius 2 is 2.50 bits per heavy atom. The van der Waals surface area contributed by atoms with E-state index in [1.54, 1.807) is 6.20 Å². The van der Waals surface area contributed by atoms with Gasteiger partial charge in [0, 0.05) is 13.1 Å². The van der Waals surface area contributed by atoms with Gasteiger partial charge in [-0.3, -0.25) is 5.10 Å².